The Labute approximate surface area is 275 Å². The van der Waals surface area contributed by atoms with Crippen LogP contribution in [0.4, 0.5) is 0 Å². The van der Waals surface area contributed by atoms with E-state index in [9.17, 15) is 15.0 Å². The summed E-state index contributed by atoms with van der Waals surface area (Å²) in [6.45, 7) is 4.23. The van der Waals surface area contributed by atoms with E-state index < -0.39 is 11.9 Å². The second-order valence-corrected chi connectivity index (χ2v) is 12.8. The van der Waals surface area contributed by atoms with Crippen LogP contribution in [0.25, 0.3) is 11.1 Å². The number of nitrogens with zero attached hydrogens (tertiary/aromatic N) is 1. The molecule has 2 saturated heterocycles. The predicted molar refractivity (Wildman–Crippen MR) is 179 cm³/mol. The molecule has 4 aromatic carbocycles. The van der Waals surface area contributed by atoms with Gasteiger partial charge in [0.05, 0.1) is 24.4 Å². The Kier molecular flexibility index (Phi) is 10.2. The largest absolute Gasteiger partial charge is 0.392 e. The molecule has 3 unspecified atom stereocenters. The Balaban J connectivity index is 1.18. The molecule has 46 heavy (non-hydrogen) atoms. The minimum Gasteiger partial charge on any atom is -0.392 e. The number of hydrogen-bond acceptors (Lipinski definition) is 6. The molecule has 2 aliphatic heterocycles. The number of aliphatic hydroxyl groups is 2. The van der Waals surface area contributed by atoms with Crippen LogP contribution >= 0.6 is 11.6 Å². The Morgan fingerprint density at radius 1 is 0.913 bits per heavy atom. The van der Waals surface area contributed by atoms with Crippen molar-refractivity contribution in [2.75, 3.05) is 19.6 Å². The van der Waals surface area contributed by atoms with Gasteiger partial charge in [0.25, 0.3) is 0 Å². The van der Waals surface area contributed by atoms with Gasteiger partial charge in [0.2, 0.25) is 5.91 Å². The van der Waals surface area contributed by atoms with Crippen LogP contribution in [0.15, 0.2) is 97.1 Å². The monoisotopic (exact) mass is 640 g/mol. The number of rotatable bonds is 9. The lowest BCUT2D eigenvalue weighted by Gasteiger charge is -2.42. The second-order valence-electron chi connectivity index (χ2n) is 12.4. The van der Waals surface area contributed by atoms with Crippen molar-refractivity contribution in [3.63, 3.8) is 0 Å². The summed E-state index contributed by atoms with van der Waals surface area (Å²) in [5, 5.41) is 24.5. The molecule has 240 valence electrons. The number of hydrogen-bond donors (Lipinski definition) is 3. The zero-order valence-electron chi connectivity index (χ0n) is 26.1. The molecule has 0 radical (unpaired) electrons. The van der Waals surface area contributed by atoms with Crippen molar-refractivity contribution >= 4 is 17.5 Å². The first-order valence-corrected chi connectivity index (χ1v) is 16.3. The fourth-order valence-electron chi connectivity index (χ4n) is 6.47. The van der Waals surface area contributed by atoms with Crippen LogP contribution in [0.2, 0.25) is 5.02 Å². The van der Waals surface area contributed by atoms with Gasteiger partial charge >= 0.3 is 0 Å². The van der Waals surface area contributed by atoms with Crippen molar-refractivity contribution < 1.29 is 24.5 Å². The summed E-state index contributed by atoms with van der Waals surface area (Å²) in [6.07, 6.45) is 1.16. The highest BCUT2D eigenvalue weighted by molar-refractivity contribution is 6.30. The number of aliphatic hydroxyl groups excluding tert-OH is 1. The van der Waals surface area contributed by atoms with Crippen molar-refractivity contribution in [1.82, 2.24) is 10.2 Å². The van der Waals surface area contributed by atoms with Gasteiger partial charge in [0.1, 0.15) is 0 Å². The summed E-state index contributed by atoms with van der Waals surface area (Å²) in [5.74, 6) is -0.0614. The molecule has 7 nitrogen and oxygen atoms in total. The summed E-state index contributed by atoms with van der Waals surface area (Å²) in [6, 6.07) is 31.8. The second kappa shape index (κ2) is 14.5. The van der Waals surface area contributed by atoms with E-state index in [2.05, 4.69) is 40.5 Å². The molecule has 2 aliphatic rings. The van der Waals surface area contributed by atoms with Gasteiger partial charge in [-0.2, -0.15) is 0 Å². The van der Waals surface area contributed by atoms with Gasteiger partial charge in [-0.3, -0.25) is 4.79 Å². The first-order chi connectivity index (χ1) is 22.3. The standard InChI is InChI=1S/C38H41ClN2O5/c1-26(43)40-23-31-4-2-3-5-35(31)28-10-12-30(13-11-28)37-45-34(22-36(46-37)29-8-6-27(25-42)7-9-29)24-41-20-18-38(44,19-21-41)32-14-16-33(39)17-15-32/h2-17,34,36-37,42,44H,18-25H2,1H3,(H,40,43). The van der Waals surface area contributed by atoms with Gasteiger partial charge in [-0.1, -0.05) is 96.5 Å². The van der Waals surface area contributed by atoms with Crippen LogP contribution in [0, 0.1) is 0 Å². The molecule has 0 bridgehead atoms. The highest BCUT2D eigenvalue weighted by Gasteiger charge is 2.37. The molecular formula is C38H41ClN2O5. The van der Waals surface area contributed by atoms with E-state index in [4.69, 9.17) is 21.1 Å². The number of halogens is 1. The number of ether oxygens (including phenoxy) is 2. The molecular weight excluding hydrogens is 600 g/mol. The van der Waals surface area contributed by atoms with E-state index >= 15 is 0 Å². The van der Waals surface area contributed by atoms with Crippen molar-refractivity contribution in [1.29, 1.82) is 0 Å². The smallest absolute Gasteiger partial charge is 0.217 e. The molecule has 8 heteroatoms. The van der Waals surface area contributed by atoms with Crippen molar-refractivity contribution in [3.05, 3.63) is 130 Å². The van der Waals surface area contributed by atoms with Crippen molar-refractivity contribution in [2.45, 2.75) is 63.4 Å². The number of carbonyl (C=O) groups is 1. The molecule has 2 fully saturated rings. The normalized spacial score (nSPS) is 21.5. The quantitative estimate of drug-likeness (QED) is 0.189. The highest BCUT2D eigenvalue weighted by atomic mass is 35.5. The van der Waals surface area contributed by atoms with Gasteiger partial charge in [0, 0.05) is 50.1 Å². The molecule has 0 saturated carbocycles. The summed E-state index contributed by atoms with van der Waals surface area (Å²) < 4.78 is 13.2. The van der Waals surface area contributed by atoms with Crippen LogP contribution in [0.3, 0.4) is 0 Å². The Hall–Kier alpha value is -3.56. The van der Waals surface area contributed by atoms with Crippen LogP contribution in [0.5, 0.6) is 0 Å². The summed E-state index contributed by atoms with van der Waals surface area (Å²) in [4.78, 5) is 13.9. The van der Waals surface area contributed by atoms with Gasteiger partial charge < -0.3 is 29.9 Å². The number of benzene rings is 4. The molecule has 1 amide bonds. The van der Waals surface area contributed by atoms with Gasteiger partial charge in [-0.05, 0) is 58.4 Å². The lowest BCUT2D eigenvalue weighted by atomic mass is 9.84. The third kappa shape index (κ3) is 7.69. The average molecular weight is 641 g/mol. The minimum absolute atomic E-state index is 0.00220. The van der Waals surface area contributed by atoms with Gasteiger partial charge in [-0.25, -0.2) is 0 Å². The van der Waals surface area contributed by atoms with E-state index in [0.717, 1.165) is 58.6 Å². The summed E-state index contributed by atoms with van der Waals surface area (Å²) in [7, 11) is 0. The van der Waals surface area contributed by atoms with E-state index in [-0.39, 0.29) is 24.7 Å². The third-order valence-electron chi connectivity index (χ3n) is 9.18. The number of likely N-dealkylation sites (tertiary alicyclic amines) is 1. The van der Waals surface area contributed by atoms with E-state index in [1.54, 1.807) is 0 Å². The SMILES string of the molecule is CC(=O)NCc1ccccc1-c1ccc(C2OC(CN3CCC(O)(c4ccc(Cl)cc4)CC3)CC(c3ccc(CO)cc3)O2)cc1. The topological polar surface area (TPSA) is 91.3 Å². The number of amides is 1. The molecule has 3 atom stereocenters. The zero-order valence-corrected chi connectivity index (χ0v) is 26.8. The zero-order chi connectivity index (χ0) is 32.1. The van der Waals surface area contributed by atoms with Crippen LogP contribution < -0.4 is 5.32 Å². The first-order valence-electron chi connectivity index (χ1n) is 15.9. The molecule has 6 rings (SSSR count). The average Bonchev–Trinajstić information content (AvgIpc) is 3.09. The van der Waals surface area contributed by atoms with Crippen LogP contribution in [-0.4, -0.2) is 46.8 Å². The van der Waals surface area contributed by atoms with E-state index in [1.165, 1.54) is 6.92 Å². The maximum Gasteiger partial charge on any atom is 0.217 e. The molecule has 4 aromatic rings. The fourth-order valence-corrected chi connectivity index (χ4v) is 6.60. The number of piperidine rings is 1. The highest BCUT2D eigenvalue weighted by Crippen LogP contribution is 2.40. The lowest BCUT2D eigenvalue weighted by Crippen LogP contribution is -2.46. The third-order valence-corrected chi connectivity index (χ3v) is 9.43. The summed E-state index contributed by atoms with van der Waals surface area (Å²) >= 11 is 6.08. The van der Waals surface area contributed by atoms with Crippen LogP contribution in [0.1, 0.15) is 66.4 Å². The lowest BCUT2D eigenvalue weighted by molar-refractivity contribution is -0.253. The van der Waals surface area contributed by atoms with Crippen molar-refractivity contribution in [3.8, 4) is 11.1 Å². The van der Waals surface area contributed by atoms with Gasteiger partial charge in [0.15, 0.2) is 6.29 Å². The predicted octanol–water partition coefficient (Wildman–Crippen LogP) is 6.66. The fraction of sp³-hybridized carbons (Fsp3) is 0.342. The molecule has 2 heterocycles. The first kappa shape index (κ1) is 32.4. The maximum atomic E-state index is 11.5. The Bertz CT molecular complexity index is 1600. The van der Waals surface area contributed by atoms with Gasteiger partial charge in [-0.15, -0.1) is 0 Å². The summed E-state index contributed by atoms with van der Waals surface area (Å²) in [5.41, 5.74) is 6.05. The number of nitrogens with one attached hydrogen (secondary N) is 1. The van der Waals surface area contributed by atoms with Crippen LogP contribution in [-0.2, 0) is 33.0 Å². The minimum atomic E-state index is -0.861. The molecule has 0 spiro atoms. The molecule has 3 N–H and O–H groups in total. The Morgan fingerprint density at radius 2 is 1.59 bits per heavy atom. The maximum absolute atomic E-state index is 11.5. The number of carbonyl (C=O) groups excluding carboxylic acids is 1. The molecule has 0 aliphatic carbocycles. The Morgan fingerprint density at radius 3 is 2.26 bits per heavy atom. The van der Waals surface area contributed by atoms with E-state index in [1.807, 2.05) is 66.7 Å². The molecule has 0 aromatic heterocycles. The van der Waals surface area contributed by atoms with Crippen molar-refractivity contribution in [2.24, 2.45) is 0 Å². The van der Waals surface area contributed by atoms with E-state index in [0.29, 0.717) is 30.8 Å².